The lowest BCUT2D eigenvalue weighted by atomic mass is 10.00. The molecule has 0 bridgehead atoms. The van der Waals surface area contributed by atoms with Crippen molar-refractivity contribution in [2.24, 2.45) is 0 Å². The summed E-state index contributed by atoms with van der Waals surface area (Å²) in [7, 11) is 0. The van der Waals surface area contributed by atoms with Gasteiger partial charge in [0.25, 0.3) is 0 Å². The summed E-state index contributed by atoms with van der Waals surface area (Å²) in [6.07, 6.45) is -3.80. The molecule has 0 amide bonds. The van der Waals surface area contributed by atoms with Gasteiger partial charge in [-0.2, -0.15) is 13.2 Å². The Morgan fingerprint density at radius 1 is 1.58 bits per heavy atom. The smallest absolute Gasteiger partial charge is 0.395 e. The zero-order chi connectivity index (χ0) is 9.41. The van der Waals surface area contributed by atoms with Gasteiger partial charge < -0.3 is 5.11 Å². The maximum Gasteiger partial charge on any atom is 0.406 e. The molecule has 0 aromatic rings. The van der Waals surface area contributed by atoms with Crippen molar-refractivity contribution >= 4 is 0 Å². The fourth-order valence-electron chi connectivity index (χ4n) is 1.42. The molecule has 0 aromatic carbocycles. The first-order chi connectivity index (χ1) is 5.39. The number of halogens is 3. The van der Waals surface area contributed by atoms with Gasteiger partial charge in [0.1, 0.15) is 5.54 Å². The number of hydrogen-bond donors (Lipinski definition) is 2. The van der Waals surface area contributed by atoms with Crippen LogP contribution < -0.4 is 5.32 Å². The molecule has 1 saturated heterocycles. The minimum atomic E-state index is -4.23. The first kappa shape index (κ1) is 9.80. The summed E-state index contributed by atoms with van der Waals surface area (Å²) in [4.78, 5) is 0. The molecule has 72 valence electrons. The van der Waals surface area contributed by atoms with Crippen molar-refractivity contribution in [2.75, 3.05) is 6.61 Å². The second-order valence-electron chi connectivity index (χ2n) is 3.39. The van der Waals surface area contributed by atoms with Crippen LogP contribution in [0.3, 0.4) is 0 Å². The number of alkyl halides is 3. The van der Waals surface area contributed by atoms with E-state index >= 15 is 0 Å². The lowest BCUT2D eigenvalue weighted by Crippen LogP contribution is -2.52. The van der Waals surface area contributed by atoms with Gasteiger partial charge in [0.05, 0.1) is 6.61 Å². The van der Waals surface area contributed by atoms with Crippen LogP contribution in [-0.4, -0.2) is 29.5 Å². The van der Waals surface area contributed by atoms with Crippen LogP contribution in [-0.2, 0) is 0 Å². The molecular weight excluding hydrogens is 171 g/mol. The third-order valence-corrected chi connectivity index (χ3v) is 2.36. The second-order valence-corrected chi connectivity index (χ2v) is 3.39. The van der Waals surface area contributed by atoms with E-state index in [4.69, 9.17) is 5.11 Å². The van der Waals surface area contributed by atoms with Crippen molar-refractivity contribution in [1.82, 2.24) is 5.32 Å². The number of rotatable bonds is 1. The molecule has 0 saturated carbocycles. The van der Waals surface area contributed by atoms with Gasteiger partial charge in [0.15, 0.2) is 0 Å². The summed E-state index contributed by atoms with van der Waals surface area (Å²) in [6.45, 7) is 0.897. The van der Waals surface area contributed by atoms with Gasteiger partial charge >= 0.3 is 6.18 Å². The molecule has 2 N–H and O–H groups in total. The lowest BCUT2D eigenvalue weighted by molar-refractivity contribution is -0.187. The van der Waals surface area contributed by atoms with E-state index in [1.165, 1.54) is 0 Å². The Morgan fingerprint density at radius 3 is 2.42 bits per heavy atom. The van der Waals surface area contributed by atoms with Gasteiger partial charge in [-0.3, -0.25) is 5.32 Å². The van der Waals surface area contributed by atoms with Crippen LogP contribution in [0.2, 0.25) is 0 Å². The van der Waals surface area contributed by atoms with Crippen LogP contribution in [0, 0.1) is 0 Å². The molecule has 1 fully saturated rings. The van der Waals surface area contributed by atoms with Crippen molar-refractivity contribution in [1.29, 1.82) is 0 Å². The molecule has 1 rings (SSSR count). The predicted octanol–water partition coefficient (Wildman–Crippen LogP) is 1.05. The number of aliphatic hydroxyl groups is 1. The fourth-order valence-corrected chi connectivity index (χ4v) is 1.42. The highest BCUT2D eigenvalue weighted by atomic mass is 19.4. The normalized spacial score (nSPS) is 37.2. The van der Waals surface area contributed by atoms with Crippen LogP contribution >= 0.6 is 0 Å². The zero-order valence-electron chi connectivity index (χ0n) is 6.78. The van der Waals surface area contributed by atoms with Crippen molar-refractivity contribution < 1.29 is 18.3 Å². The summed E-state index contributed by atoms with van der Waals surface area (Å²) in [5.41, 5.74) is -1.81. The molecule has 1 aliphatic rings. The average molecular weight is 183 g/mol. The van der Waals surface area contributed by atoms with Crippen molar-refractivity contribution in [3.8, 4) is 0 Å². The van der Waals surface area contributed by atoms with Crippen LogP contribution in [0.1, 0.15) is 19.8 Å². The topological polar surface area (TPSA) is 32.3 Å². The Hall–Kier alpha value is -0.290. The van der Waals surface area contributed by atoms with Gasteiger partial charge in [-0.05, 0) is 19.8 Å². The largest absolute Gasteiger partial charge is 0.406 e. The van der Waals surface area contributed by atoms with Gasteiger partial charge in [-0.25, -0.2) is 0 Å². The predicted molar refractivity (Wildman–Crippen MR) is 37.7 cm³/mol. The molecular formula is C7H12F3NO. The number of hydrogen-bond acceptors (Lipinski definition) is 2. The zero-order valence-corrected chi connectivity index (χ0v) is 6.78. The molecule has 2 nitrogen and oxygen atoms in total. The highest BCUT2D eigenvalue weighted by molar-refractivity contribution is 4.99. The molecule has 0 aromatic heterocycles. The van der Waals surface area contributed by atoms with E-state index in [0.717, 1.165) is 6.92 Å². The quantitative estimate of drug-likeness (QED) is 0.637. The Bertz CT molecular complexity index is 171. The fraction of sp³-hybridized carbons (Fsp3) is 1.00. The monoisotopic (exact) mass is 183 g/mol. The molecule has 0 radical (unpaired) electrons. The van der Waals surface area contributed by atoms with E-state index in [0.29, 0.717) is 6.42 Å². The highest BCUT2D eigenvalue weighted by Crippen LogP contribution is 2.38. The Kier molecular flexibility index (Phi) is 2.35. The van der Waals surface area contributed by atoms with Gasteiger partial charge in [-0.1, -0.05) is 0 Å². The maximum atomic E-state index is 12.3. The third kappa shape index (κ3) is 1.56. The summed E-state index contributed by atoms with van der Waals surface area (Å²) in [5.74, 6) is 0. The van der Waals surface area contributed by atoms with Gasteiger partial charge in [0, 0.05) is 6.04 Å². The third-order valence-electron chi connectivity index (χ3n) is 2.36. The Balaban J connectivity index is 2.64. The lowest BCUT2D eigenvalue weighted by Gasteiger charge is -2.28. The second kappa shape index (κ2) is 2.88. The maximum absolute atomic E-state index is 12.3. The molecule has 2 atom stereocenters. The molecule has 1 aliphatic heterocycles. The molecule has 0 aliphatic carbocycles. The van der Waals surface area contributed by atoms with E-state index < -0.39 is 17.8 Å². The Morgan fingerprint density at radius 2 is 2.17 bits per heavy atom. The first-order valence-electron chi connectivity index (χ1n) is 3.84. The number of nitrogens with one attached hydrogen (secondary N) is 1. The van der Waals surface area contributed by atoms with E-state index in [-0.39, 0.29) is 13.0 Å². The highest BCUT2D eigenvalue weighted by Gasteiger charge is 2.54. The van der Waals surface area contributed by atoms with Gasteiger partial charge in [0.2, 0.25) is 0 Å². The van der Waals surface area contributed by atoms with Crippen LogP contribution in [0.25, 0.3) is 0 Å². The van der Waals surface area contributed by atoms with Gasteiger partial charge in [-0.15, -0.1) is 0 Å². The summed E-state index contributed by atoms with van der Waals surface area (Å²) in [5, 5.41) is 11.0. The van der Waals surface area contributed by atoms with Crippen LogP contribution in [0.5, 0.6) is 0 Å². The number of aliphatic hydroxyl groups excluding tert-OH is 1. The minimum Gasteiger partial charge on any atom is -0.395 e. The van der Waals surface area contributed by atoms with Crippen molar-refractivity contribution in [2.45, 2.75) is 37.5 Å². The Labute approximate surface area is 68.8 Å². The molecule has 12 heavy (non-hydrogen) atoms. The van der Waals surface area contributed by atoms with E-state index in [1.54, 1.807) is 0 Å². The van der Waals surface area contributed by atoms with E-state index in [9.17, 15) is 13.2 Å². The van der Waals surface area contributed by atoms with Crippen LogP contribution in [0.15, 0.2) is 0 Å². The van der Waals surface area contributed by atoms with Crippen LogP contribution in [0.4, 0.5) is 13.2 Å². The van der Waals surface area contributed by atoms with E-state index in [1.807, 2.05) is 0 Å². The summed E-state index contributed by atoms with van der Waals surface area (Å²) in [6, 6.07) is -0.406. The first-order valence-corrected chi connectivity index (χ1v) is 3.84. The standard InChI is InChI=1S/C7H12F3NO/c1-6(7(8,9)10)3-2-5(4-12)11-6/h5,11-12H,2-4H2,1H3. The SMILES string of the molecule is CC1(C(F)(F)F)CCC(CO)N1. The molecule has 5 heteroatoms. The minimum absolute atomic E-state index is 0.0434. The molecule has 0 spiro atoms. The summed E-state index contributed by atoms with van der Waals surface area (Å²) < 4.78 is 36.9. The average Bonchev–Trinajstić information content (AvgIpc) is 2.31. The van der Waals surface area contributed by atoms with Crippen molar-refractivity contribution in [3.05, 3.63) is 0 Å². The van der Waals surface area contributed by atoms with Crippen molar-refractivity contribution in [3.63, 3.8) is 0 Å². The summed E-state index contributed by atoms with van der Waals surface area (Å²) >= 11 is 0. The molecule has 2 unspecified atom stereocenters. The molecule has 1 heterocycles. The van der Waals surface area contributed by atoms with E-state index in [2.05, 4.69) is 5.32 Å².